The summed E-state index contributed by atoms with van der Waals surface area (Å²) in [6.07, 6.45) is 3.36. The van der Waals surface area contributed by atoms with Crippen molar-refractivity contribution in [1.29, 1.82) is 0 Å². The molecule has 8 heteroatoms. The topological polar surface area (TPSA) is 103 Å². The molecule has 0 unspecified atom stereocenters. The molecule has 1 saturated heterocycles. The second kappa shape index (κ2) is 5.86. The van der Waals surface area contributed by atoms with Gasteiger partial charge in [0.15, 0.2) is 6.61 Å². The average molecular weight is 307 g/mol. The van der Waals surface area contributed by atoms with Crippen LogP contribution in [0.1, 0.15) is 37.5 Å². The summed E-state index contributed by atoms with van der Waals surface area (Å²) in [6.45, 7) is 1.11. The number of hydrogen-bond donors (Lipinski definition) is 0. The summed E-state index contributed by atoms with van der Waals surface area (Å²) in [5.41, 5.74) is 0. The predicted octanol–water partition coefficient (Wildman–Crippen LogP) is 0.596. The van der Waals surface area contributed by atoms with Crippen molar-refractivity contribution in [2.75, 3.05) is 6.54 Å². The summed E-state index contributed by atoms with van der Waals surface area (Å²) in [5.74, 6) is -1.12. The lowest BCUT2D eigenvalue weighted by Crippen LogP contribution is -2.36. The van der Waals surface area contributed by atoms with E-state index in [4.69, 9.17) is 9.15 Å². The Bertz CT molecular complexity index is 587. The first kappa shape index (κ1) is 14.7. The highest BCUT2D eigenvalue weighted by Gasteiger charge is 2.48. The number of ether oxygens (including phenoxy) is 1. The Kier molecular flexibility index (Phi) is 3.91. The molecule has 0 aromatic carbocycles. The standard InChI is InChI=1S/C14H17N3O5/c1-8-15-16-11(22-8)7-21-12(18)6-17-13(19)9-4-2-3-5-10(9)14(17)20/h9-10H,2-7H2,1H3/t9-,10+. The van der Waals surface area contributed by atoms with Gasteiger partial charge in [-0.05, 0) is 12.8 Å². The van der Waals surface area contributed by atoms with Gasteiger partial charge in [0.2, 0.25) is 17.7 Å². The number of fused-ring (bicyclic) bond motifs is 1. The van der Waals surface area contributed by atoms with Crippen LogP contribution in [0.3, 0.4) is 0 Å². The molecule has 22 heavy (non-hydrogen) atoms. The van der Waals surface area contributed by atoms with E-state index in [9.17, 15) is 14.4 Å². The van der Waals surface area contributed by atoms with Gasteiger partial charge < -0.3 is 9.15 Å². The van der Waals surface area contributed by atoms with E-state index in [1.807, 2.05) is 0 Å². The predicted molar refractivity (Wildman–Crippen MR) is 71.0 cm³/mol. The number of imide groups is 1. The highest BCUT2D eigenvalue weighted by atomic mass is 16.5. The first-order valence-corrected chi connectivity index (χ1v) is 7.36. The summed E-state index contributed by atoms with van der Waals surface area (Å²) in [6, 6.07) is 0. The number of nitrogens with zero attached hydrogens (tertiary/aromatic N) is 3. The van der Waals surface area contributed by atoms with Gasteiger partial charge in [0.25, 0.3) is 5.89 Å². The molecule has 1 saturated carbocycles. The molecular weight excluding hydrogens is 290 g/mol. The third-order valence-electron chi connectivity index (χ3n) is 4.14. The molecule has 1 aliphatic heterocycles. The Balaban J connectivity index is 1.56. The van der Waals surface area contributed by atoms with Crippen molar-refractivity contribution >= 4 is 17.8 Å². The van der Waals surface area contributed by atoms with Crippen LogP contribution in [0.2, 0.25) is 0 Å². The van der Waals surface area contributed by atoms with Crippen LogP contribution in [0, 0.1) is 18.8 Å². The molecule has 1 aromatic heterocycles. The number of esters is 1. The van der Waals surface area contributed by atoms with Gasteiger partial charge in [-0.2, -0.15) is 0 Å². The fraction of sp³-hybridized carbons (Fsp3) is 0.643. The van der Waals surface area contributed by atoms with Gasteiger partial charge in [-0.15, -0.1) is 10.2 Å². The molecule has 0 N–H and O–H groups in total. The maximum atomic E-state index is 12.2. The Morgan fingerprint density at radius 3 is 2.41 bits per heavy atom. The zero-order valence-corrected chi connectivity index (χ0v) is 12.3. The number of amides is 2. The zero-order chi connectivity index (χ0) is 15.7. The van der Waals surface area contributed by atoms with Crippen LogP contribution < -0.4 is 0 Å². The van der Waals surface area contributed by atoms with Gasteiger partial charge >= 0.3 is 5.97 Å². The lowest BCUT2D eigenvalue weighted by atomic mass is 9.81. The molecule has 1 aromatic rings. The maximum absolute atomic E-state index is 12.2. The number of carbonyl (C=O) groups is 3. The highest BCUT2D eigenvalue weighted by molar-refractivity contribution is 6.07. The number of aryl methyl sites for hydroxylation is 1. The summed E-state index contributed by atoms with van der Waals surface area (Å²) >= 11 is 0. The van der Waals surface area contributed by atoms with E-state index < -0.39 is 5.97 Å². The molecule has 2 atom stereocenters. The Hall–Kier alpha value is -2.25. The highest BCUT2D eigenvalue weighted by Crippen LogP contribution is 2.37. The normalized spacial score (nSPS) is 24.5. The largest absolute Gasteiger partial charge is 0.454 e. The van der Waals surface area contributed by atoms with Gasteiger partial charge in [-0.25, -0.2) is 0 Å². The van der Waals surface area contributed by atoms with Crippen molar-refractivity contribution < 1.29 is 23.5 Å². The van der Waals surface area contributed by atoms with Crippen molar-refractivity contribution in [1.82, 2.24) is 15.1 Å². The molecule has 2 heterocycles. The van der Waals surface area contributed by atoms with Crippen LogP contribution in [0.15, 0.2) is 4.42 Å². The average Bonchev–Trinajstić information content (AvgIpc) is 3.03. The van der Waals surface area contributed by atoms with Crippen LogP contribution in [-0.4, -0.2) is 39.4 Å². The first-order valence-electron chi connectivity index (χ1n) is 7.36. The lowest BCUT2D eigenvalue weighted by molar-refractivity contribution is -0.154. The minimum Gasteiger partial charge on any atom is -0.454 e. The van der Waals surface area contributed by atoms with Crippen LogP contribution in [0.25, 0.3) is 0 Å². The minimum atomic E-state index is -0.656. The van der Waals surface area contributed by atoms with E-state index in [0.29, 0.717) is 5.89 Å². The Morgan fingerprint density at radius 1 is 1.23 bits per heavy atom. The van der Waals surface area contributed by atoms with Gasteiger partial charge in [-0.3, -0.25) is 19.3 Å². The first-order chi connectivity index (χ1) is 10.6. The second-order valence-corrected chi connectivity index (χ2v) is 5.64. The van der Waals surface area contributed by atoms with Crippen LogP contribution >= 0.6 is 0 Å². The van der Waals surface area contributed by atoms with Crippen molar-refractivity contribution in [3.63, 3.8) is 0 Å². The Labute approximate surface area is 126 Å². The summed E-state index contributed by atoms with van der Waals surface area (Å²) in [7, 11) is 0. The fourth-order valence-electron chi connectivity index (χ4n) is 3.10. The number of carbonyl (C=O) groups excluding carboxylic acids is 3. The number of likely N-dealkylation sites (tertiary alicyclic amines) is 1. The molecule has 1 aliphatic carbocycles. The molecule has 0 spiro atoms. The third kappa shape index (κ3) is 2.72. The maximum Gasteiger partial charge on any atom is 0.326 e. The van der Waals surface area contributed by atoms with E-state index in [-0.39, 0.29) is 42.7 Å². The zero-order valence-electron chi connectivity index (χ0n) is 12.3. The Morgan fingerprint density at radius 2 is 1.86 bits per heavy atom. The van der Waals surface area contributed by atoms with E-state index in [1.165, 1.54) is 0 Å². The molecule has 0 radical (unpaired) electrons. The summed E-state index contributed by atoms with van der Waals surface area (Å²) in [4.78, 5) is 37.3. The quantitative estimate of drug-likeness (QED) is 0.592. The molecule has 0 bridgehead atoms. The molecule has 3 rings (SSSR count). The van der Waals surface area contributed by atoms with Crippen LogP contribution in [0.4, 0.5) is 0 Å². The van der Waals surface area contributed by atoms with Crippen LogP contribution in [-0.2, 0) is 25.7 Å². The SMILES string of the molecule is Cc1nnc(COC(=O)CN2C(=O)[C@H]3CCCC[C@H]3C2=O)o1. The number of hydrogen-bond acceptors (Lipinski definition) is 7. The van der Waals surface area contributed by atoms with E-state index >= 15 is 0 Å². The van der Waals surface area contributed by atoms with E-state index in [0.717, 1.165) is 30.6 Å². The third-order valence-corrected chi connectivity index (χ3v) is 4.14. The lowest BCUT2D eigenvalue weighted by Gasteiger charge is -2.19. The monoisotopic (exact) mass is 307 g/mol. The minimum absolute atomic E-state index is 0.164. The van der Waals surface area contributed by atoms with Crippen molar-refractivity contribution in [3.05, 3.63) is 11.8 Å². The van der Waals surface area contributed by atoms with E-state index in [1.54, 1.807) is 6.92 Å². The molecule has 2 fully saturated rings. The van der Waals surface area contributed by atoms with Crippen molar-refractivity contribution in [2.24, 2.45) is 11.8 Å². The van der Waals surface area contributed by atoms with Gasteiger partial charge in [0, 0.05) is 6.92 Å². The van der Waals surface area contributed by atoms with E-state index in [2.05, 4.69) is 10.2 Å². The van der Waals surface area contributed by atoms with Crippen molar-refractivity contribution in [2.45, 2.75) is 39.2 Å². The molecular formula is C14H17N3O5. The summed E-state index contributed by atoms with van der Waals surface area (Å²) in [5, 5.41) is 7.31. The number of aromatic nitrogens is 2. The molecule has 8 nitrogen and oxygen atoms in total. The van der Waals surface area contributed by atoms with Crippen molar-refractivity contribution in [3.8, 4) is 0 Å². The van der Waals surface area contributed by atoms with Gasteiger partial charge in [-0.1, -0.05) is 12.8 Å². The van der Waals surface area contributed by atoms with Gasteiger partial charge in [0.1, 0.15) is 6.54 Å². The molecule has 2 aliphatic rings. The second-order valence-electron chi connectivity index (χ2n) is 5.64. The fourth-order valence-corrected chi connectivity index (χ4v) is 3.10. The number of rotatable bonds is 4. The smallest absolute Gasteiger partial charge is 0.326 e. The summed E-state index contributed by atoms with van der Waals surface area (Å²) < 4.78 is 10.0. The molecule has 2 amide bonds. The van der Waals surface area contributed by atoms with Crippen LogP contribution in [0.5, 0.6) is 0 Å². The van der Waals surface area contributed by atoms with Gasteiger partial charge in [0.05, 0.1) is 11.8 Å². The molecule has 118 valence electrons.